The summed E-state index contributed by atoms with van der Waals surface area (Å²) in [6.45, 7) is 0.429. The van der Waals surface area contributed by atoms with E-state index in [-0.39, 0.29) is 6.54 Å². The van der Waals surface area contributed by atoms with E-state index < -0.39 is 5.67 Å². The van der Waals surface area contributed by atoms with Crippen LogP contribution in [0, 0.1) is 0 Å². The minimum absolute atomic E-state index is 0.0212. The summed E-state index contributed by atoms with van der Waals surface area (Å²) in [4.78, 5) is 0. The number of fused-ring (bicyclic) bond motifs is 1. The maximum atomic E-state index is 14.1. The maximum absolute atomic E-state index is 14.1. The lowest BCUT2D eigenvalue weighted by Crippen LogP contribution is -2.35. The molecule has 0 saturated heterocycles. The lowest BCUT2D eigenvalue weighted by atomic mass is 9.90. The highest BCUT2D eigenvalue weighted by atomic mass is 19.1. The van der Waals surface area contributed by atoms with Crippen LogP contribution < -0.4 is 10.5 Å². The first-order valence-electron chi connectivity index (χ1n) is 4.37. The largest absolute Gasteiger partial charge is 0.493 e. The molecule has 1 aromatic carbocycles. The van der Waals surface area contributed by atoms with E-state index in [1.807, 2.05) is 6.07 Å². The molecule has 1 atom stereocenters. The third-order valence-corrected chi connectivity index (χ3v) is 2.45. The van der Waals surface area contributed by atoms with Crippen molar-refractivity contribution in [2.45, 2.75) is 12.1 Å². The second kappa shape index (κ2) is 3.00. The minimum atomic E-state index is -1.39. The molecule has 1 aliphatic heterocycles. The molecule has 1 unspecified atom stereocenters. The first-order chi connectivity index (χ1) is 6.26. The quantitative estimate of drug-likeness (QED) is 0.714. The van der Waals surface area contributed by atoms with Gasteiger partial charge in [-0.1, -0.05) is 18.2 Å². The van der Waals surface area contributed by atoms with Gasteiger partial charge in [-0.3, -0.25) is 0 Å². The summed E-state index contributed by atoms with van der Waals surface area (Å²) in [6.07, 6.45) is 0.348. The molecule has 0 radical (unpaired) electrons. The number of ether oxygens (including phenoxy) is 1. The van der Waals surface area contributed by atoms with Gasteiger partial charge >= 0.3 is 0 Å². The molecule has 2 rings (SSSR count). The molecule has 0 aliphatic carbocycles. The van der Waals surface area contributed by atoms with E-state index in [9.17, 15) is 4.39 Å². The van der Waals surface area contributed by atoms with Crippen LogP contribution in [0.3, 0.4) is 0 Å². The number of nitrogens with two attached hydrogens (primary N) is 1. The summed E-state index contributed by atoms with van der Waals surface area (Å²) in [7, 11) is 0. The second-order valence-corrected chi connectivity index (χ2v) is 3.26. The lowest BCUT2D eigenvalue weighted by molar-refractivity contribution is 0.0994. The van der Waals surface area contributed by atoms with E-state index in [2.05, 4.69) is 0 Å². The highest BCUT2D eigenvalue weighted by molar-refractivity contribution is 5.39. The zero-order valence-electron chi connectivity index (χ0n) is 7.29. The molecule has 13 heavy (non-hydrogen) atoms. The van der Waals surface area contributed by atoms with Gasteiger partial charge in [0.25, 0.3) is 0 Å². The van der Waals surface area contributed by atoms with Gasteiger partial charge in [0.05, 0.1) is 6.61 Å². The highest BCUT2D eigenvalue weighted by Crippen LogP contribution is 2.38. The van der Waals surface area contributed by atoms with Crippen molar-refractivity contribution in [1.82, 2.24) is 0 Å². The Labute approximate surface area is 76.5 Å². The fourth-order valence-corrected chi connectivity index (χ4v) is 1.63. The van der Waals surface area contributed by atoms with E-state index in [1.54, 1.807) is 18.2 Å². The van der Waals surface area contributed by atoms with E-state index in [0.717, 1.165) is 0 Å². The smallest absolute Gasteiger partial charge is 0.154 e. The topological polar surface area (TPSA) is 35.2 Å². The van der Waals surface area contributed by atoms with Crippen molar-refractivity contribution in [2.24, 2.45) is 5.73 Å². The molecule has 2 nitrogen and oxygen atoms in total. The van der Waals surface area contributed by atoms with E-state index in [4.69, 9.17) is 10.5 Å². The summed E-state index contributed by atoms with van der Waals surface area (Å²) >= 11 is 0. The van der Waals surface area contributed by atoms with E-state index in [0.29, 0.717) is 24.3 Å². The highest BCUT2D eigenvalue weighted by Gasteiger charge is 2.36. The number of rotatable bonds is 1. The van der Waals surface area contributed by atoms with Gasteiger partial charge in [0.2, 0.25) is 0 Å². The summed E-state index contributed by atoms with van der Waals surface area (Å²) in [5, 5.41) is 0. The van der Waals surface area contributed by atoms with Gasteiger partial charge in [0.15, 0.2) is 5.67 Å². The van der Waals surface area contributed by atoms with Crippen LogP contribution in [0.25, 0.3) is 0 Å². The van der Waals surface area contributed by atoms with E-state index in [1.165, 1.54) is 0 Å². The zero-order chi connectivity index (χ0) is 9.31. The number of alkyl halides is 1. The number of halogens is 1. The van der Waals surface area contributed by atoms with Crippen molar-refractivity contribution < 1.29 is 9.13 Å². The van der Waals surface area contributed by atoms with Crippen molar-refractivity contribution in [2.75, 3.05) is 13.2 Å². The van der Waals surface area contributed by atoms with Crippen LogP contribution in [0.5, 0.6) is 5.75 Å². The Morgan fingerprint density at radius 1 is 1.46 bits per heavy atom. The predicted octanol–water partition coefficient (Wildman–Crippen LogP) is 1.59. The lowest BCUT2D eigenvalue weighted by Gasteiger charge is -2.30. The Kier molecular flexibility index (Phi) is 1.96. The molecule has 0 aromatic heterocycles. The van der Waals surface area contributed by atoms with Crippen molar-refractivity contribution in [3.05, 3.63) is 29.8 Å². The number of hydrogen-bond acceptors (Lipinski definition) is 2. The Balaban J connectivity index is 2.48. The van der Waals surface area contributed by atoms with Gasteiger partial charge in [-0.25, -0.2) is 4.39 Å². The Hall–Kier alpha value is -1.09. The fourth-order valence-electron chi connectivity index (χ4n) is 1.63. The predicted molar refractivity (Wildman–Crippen MR) is 48.4 cm³/mol. The van der Waals surface area contributed by atoms with Crippen LogP contribution in [0.4, 0.5) is 4.39 Å². The molecule has 0 fully saturated rings. The molecule has 3 heteroatoms. The summed E-state index contributed by atoms with van der Waals surface area (Å²) in [6, 6.07) is 7.15. The molecule has 0 spiro atoms. The first kappa shape index (κ1) is 8.51. The molecule has 0 amide bonds. The monoisotopic (exact) mass is 181 g/mol. The second-order valence-electron chi connectivity index (χ2n) is 3.26. The number of para-hydroxylation sites is 1. The molecular formula is C10H12FNO. The molecule has 0 saturated carbocycles. The SMILES string of the molecule is NCC1(F)CCOc2ccccc21. The molecule has 2 N–H and O–H groups in total. The zero-order valence-corrected chi connectivity index (χ0v) is 7.29. The van der Waals surface area contributed by atoms with Gasteiger partial charge < -0.3 is 10.5 Å². The third kappa shape index (κ3) is 1.29. The number of hydrogen-bond donors (Lipinski definition) is 1. The third-order valence-electron chi connectivity index (χ3n) is 2.45. The van der Waals surface area contributed by atoms with Crippen molar-refractivity contribution in [3.8, 4) is 5.75 Å². The molecule has 1 aromatic rings. The molecule has 1 heterocycles. The number of benzene rings is 1. The average molecular weight is 181 g/mol. The molecular weight excluding hydrogens is 169 g/mol. The van der Waals surface area contributed by atoms with Crippen LogP contribution in [0.1, 0.15) is 12.0 Å². The Morgan fingerprint density at radius 2 is 2.23 bits per heavy atom. The standard InChI is InChI=1S/C10H12FNO/c11-10(7-12)5-6-13-9-4-2-1-3-8(9)10/h1-4H,5-7,12H2. The fraction of sp³-hybridized carbons (Fsp3) is 0.400. The van der Waals surface area contributed by atoms with Crippen molar-refractivity contribution in [3.63, 3.8) is 0 Å². The molecule has 1 aliphatic rings. The Bertz CT molecular complexity index is 316. The van der Waals surface area contributed by atoms with Gasteiger partial charge in [-0.2, -0.15) is 0 Å². The Morgan fingerprint density at radius 3 is 3.00 bits per heavy atom. The van der Waals surface area contributed by atoms with Crippen LogP contribution in [0.15, 0.2) is 24.3 Å². The van der Waals surface area contributed by atoms with Crippen LogP contribution in [-0.2, 0) is 5.67 Å². The van der Waals surface area contributed by atoms with Gasteiger partial charge in [0, 0.05) is 18.5 Å². The molecule has 70 valence electrons. The van der Waals surface area contributed by atoms with Crippen LogP contribution >= 0.6 is 0 Å². The van der Waals surface area contributed by atoms with Crippen molar-refractivity contribution in [1.29, 1.82) is 0 Å². The maximum Gasteiger partial charge on any atom is 0.154 e. The summed E-state index contributed by atoms with van der Waals surface area (Å²) in [5.74, 6) is 0.627. The summed E-state index contributed by atoms with van der Waals surface area (Å²) in [5.41, 5.74) is 4.61. The van der Waals surface area contributed by atoms with Crippen LogP contribution in [0.2, 0.25) is 0 Å². The summed E-state index contributed by atoms with van der Waals surface area (Å²) < 4.78 is 19.4. The van der Waals surface area contributed by atoms with Gasteiger partial charge in [-0.05, 0) is 6.07 Å². The normalized spacial score (nSPS) is 26.3. The van der Waals surface area contributed by atoms with E-state index >= 15 is 0 Å². The van der Waals surface area contributed by atoms with Gasteiger partial charge in [0.1, 0.15) is 5.75 Å². The van der Waals surface area contributed by atoms with Gasteiger partial charge in [-0.15, -0.1) is 0 Å². The van der Waals surface area contributed by atoms with Crippen molar-refractivity contribution >= 4 is 0 Å². The first-order valence-corrected chi connectivity index (χ1v) is 4.37. The minimum Gasteiger partial charge on any atom is -0.493 e. The molecule has 0 bridgehead atoms. The average Bonchev–Trinajstić information content (AvgIpc) is 2.19. The van der Waals surface area contributed by atoms with Crippen LogP contribution in [-0.4, -0.2) is 13.2 Å².